The number of pyridine rings is 1. The fraction of sp³-hybridized carbons (Fsp3) is 0.538. The minimum absolute atomic E-state index is 0.311. The maximum atomic E-state index is 10.7. The molecule has 0 saturated carbocycles. The average Bonchev–Trinajstić information content (AvgIpc) is 2.40. The van der Waals surface area contributed by atoms with Crippen molar-refractivity contribution in [1.82, 2.24) is 9.88 Å². The first-order chi connectivity index (χ1) is 9.06. The zero-order valence-electron chi connectivity index (χ0n) is 11.1. The van der Waals surface area contributed by atoms with Gasteiger partial charge in [0.2, 0.25) is 0 Å². The normalized spacial score (nSPS) is 18.3. The van der Waals surface area contributed by atoms with Crippen LogP contribution in [0.5, 0.6) is 0 Å². The molecular weight excluding hydrogens is 244 g/mol. The molecule has 0 aliphatic carbocycles. The first kappa shape index (κ1) is 13.8. The summed E-state index contributed by atoms with van der Waals surface area (Å²) in [5.41, 5.74) is 6.36. The van der Waals surface area contributed by atoms with Crippen LogP contribution in [0.15, 0.2) is 18.3 Å². The molecule has 1 atom stereocenters. The Hall–Kier alpha value is -1.66. The number of carboxylic acid groups (broad SMARTS) is 1. The maximum Gasteiger partial charge on any atom is 0.320 e. The number of hydrogen-bond donors (Lipinski definition) is 2. The Bertz CT molecular complexity index is 427. The lowest BCUT2D eigenvalue weighted by Crippen LogP contribution is -2.44. The van der Waals surface area contributed by atoms with Crippen molar-refractivity contribution in [1.29, 1.82) is 0 Å². The predicted molar refractivity (Wildman–Crippen MR) is 73.3 cm³/mol. The highest BCUT2D eigenvalue weighted by Crippen LogP contribution is 2.14. The summed E-state index contributed by atoms with van der Waals surface area (Å²) in [4.78, 5) is 19.6. The lowest BCUT2D eigenvalue weighted by molar-refractivity contribution is -0.138. The molecule has 6 heteroatoms. The van der Waals surface area contributed by atoms with E-state index in [0.717, 1.165) is 37.6 Å². The van der Waals surface area contributed by atoms with Crippen LogP contribution in [0.2, 0.25) is 0 Å². The highest BCUT2D eigenvalue weighted by molar-refractivity contribution is 5.73. The van der Waals surface area contributed by atoms with Crippen molar-refractivity contribution in [2.24, 2.45) is 5.73 Å². The van der Waals surface area contributed by atoms with Gasteiger partial charge in [0, 0.05) is 32.4 Å². The monoisotopic (exact) mass is 264 g/mol. The Morgan fingerprint density at radius 2 is 2.11 bits per heavy atom. The molecule has 6 nitrogen and oxygen atoms in total. The van der Waals surface area contributed by atoms with Crippen molar-refractivity contribution in [3.8, 4) is 0 Å². The van der Waals surface area contributed by atoms with Gasteiger partial charge >= 0.3 is 5.97 Å². The van der Waals surface area contributed by atoms with E-state index in [1.807, 2.05) is 12.1 Å². The second kappa shape index (κ2) is 5.99. The molecule has 1 saturated heterocycles. The lowest BCUT2D eigenvalue weighted by atomic mass is 10.1. The quantitative estimate of drug-likeness (QED) is 0.783. The molecule has 0 aromatic carbocycles. The Morgan fingerprint density at radius 1 is 1.42 bits per heavy atom. The van der Waals surface area contributed by atoms with E-state index in [0.29, 0.717) is 6.42 Å². The van der Waals surface area contributed by atoms with Gasteiger partial charge in [-0.05, 0) is 25.1 Å². The zero-order chi connectivity index (χ0) is 13.8. The minimum Gasteiger partial charge on any atom is -0.480 e. The van der Waals surface area contributed by atoms with Crippen LogP contribution in [-0.2, 0) is 11.2 Å². The number of nitrogens with zero attached hydrogens (tertiary/aromatic N) is 3. The number of rotatable bonds is 4. The summed E-state index contributed by atoms with van der Waals surface area (Å²) in [6, 6.07) is 2.98. The van der Waals surface area contributed by atoms with E-state index in [1.54, 1.807) is 6.20 Å². The van der Waals surface area contributed by atoms with Crippen LogP contribution in [0.1, 0.15) is 5.56 Å². The van der Waals surface area contributed by atoms with Crippen LogP contribution in [0.25, 0.3) is 0 Å². The third kappa shape index (κ3) is 3.65. The van der Waals surface area contributed by atoms with Gasteiger partial charge in [-0.2, -0.15) is 0 Å². The molecule has 0 radical (unpaired) electrons. The summed E-state index contributed by atoms with van der Waals surface area (Å²) in [5.74, 6) is -0.0381. The minimum atomic E-state index is -0.983. The van der Waals surface area contributed by atoms with Crippen LogP contribution in [-0.4, -0.2) is 60.2 Å². The van der Waals surface area contributed by atoms with Gasteiger partial charge in [-0.1, -0.05) is 6.07 Å². The summed E-state index contributed by atoms with van der Waals surface area (Å²) in [7, 11) is 2.11. The van der Waals surface area contributed by atoms with Crippen molar-refractivity contribution in [2.45, 2.75) is 12.5 Å². The van der Waals surface area contributed by atoms with Crippen molar-refractivity contribution in [3.05, 3.63) is 23.9 Å². The number of carboxylic acids is 1. The number of aliphatic carboxylic acids is 1. The topological polar surface area (TPSA) is 82.7 Å². The third-order valence-electron chi connectivity index (χ3n) is 3.41. The highest BCUT2D eigenvalue weighted by atomic mass is 16.4. The average molecular weight is 264 g/mol. The molecule has 2 heterocycles. The van der Waals surface area contributed by atoms with E-state index in [4.69, 9.17) is 10.8 Å². The molecule has 1 aromatic heterocycles. The number of hydrogen-bond acceptors (Lipinski definition) is 5. The number of carbonyl (C=O) groups is 1. The van der Waals surface area contributed by atoms with Crippen LogP contribution >= 0.6 is 0 Å². The van der Waals surface area contributed by atoms with Gasteiger partial charge in [-0.3, -0.25) is 4.79 Å². The van der Waals surface area contributed by atoms with Crippen molar-refractivity contribution in [2.75, 3.05) is 38.1 Å². The van der Waals surface area contributed by atoms with Crippen LogP contribution in [0.4, 0.5) is 5.82 Å². The van der Waals surface area contributed by atoms with E-state index in [9.17, 15) is 4.79 Å². The van der Waals surface area contributed by atoms with Gasteiger partial charge in [-0.25, -0.2) is 4.98 Å². The van der Waals surface area contributed by atoms with Gasteiger partial charge in [0.25, 0.3) is 0 Å². The van der Waals surface area contributed by atoms with Gasteiger partial charge in [0.05, 0.1) is 0 Å². The van der Waals surface area contributed by atoms with E-state index < -0.39 is 12.0 Å². The fourth-order valence-corrected chi connectivity index (χ4v) is 2.10. The fourth-order valence-electron chi connectivity index (χ4n) is 2.10. The van der Waals surface area contributed by atoms with Crippen LogP contribution in [0.3, 0.4) is 0 Å². The molecule has 1 aromatic rings. The smallest absolute Gasteiger partial charge is 0.320 e. The van der Waals surface area contributed by atoms with E-state index in [-0.39, 0.29) is 0 Å². The number of piperazine rings is 1. The van der Waals surface area contributed by atoms with Crippen LogP contribution < -0.4 is 10.6 Å². The first-order valence-corrected chi connectivity index (χ1v) is 6.43. The number of likely N-dealkylation sites (N-methyl/N-ethyl adjacent to an activating group) is 1. The molecular formula is C13H20N4O2. The van der Waals surface area contributed by atoms with Gasteiger partial charge in [0.1, 0.15) is 11.9 Å². The Morgan fingerprint density at radius 3 is 2.63 bits per heavy atom. The second-order valence-corrected chi connectivity index (χ2v) is 4.96. The number of anilines is 1. The molecule has 19 heavy (non-hydrogen) atoms. The molecule has 0 bridgehead atoms. The molecule has 0 spiro atoms. The SMILES string of the molecule is CN1CCN(c2ccc(C[C@H](N)C(=O)O)cn2)CC1. The molecule has 3 N–H and O–H groups in total. The molecule has 1 aliphatic heterocycles. The highest BCUT2D eigenvalue weighted by Gasteiger charge is 2.16. The second-order valence-electron chi connectivity index (χ2n) is 4.96. The molecule has 1 fully saturated rings. The lowest BCUT2D eigenvalue weighted by Gasteiger charge is -2.33. The molecule has 2 rings (SSSR count). The summed E-state index contributed by atoms with van der Waals surface area (Å²) in [5, 5.41) is 8.77. The van der Waals surface area contributed by atoms with E-state index in [1.165, 1.54) is 0 Å². The molecule has 104 valence electrons. The number of aromatic nitrogens is 1. The largest absolute Gasteiger partial charge is 0.480 e. The van der Waals surface area contributed by atoms with E-state index >= 15 is 0 Å². The van der Waals surface area contributed by atoms with Gasteiger partial charge in [-0.15, -0.1) is 0 Å². The van der Waals surface area contributed by atoms with Gasteiger partial charge in [0.15, 0.2) is 0 Å². The Balaban J connectivity index is 1.96. The van der Waals surface area contributed by atoms with Crippen LogP contribution in [0, 0.1) is 0 Å². The molecule has 0 unspecified atom stereocenters. The predicted octanol–water partition coefficient (Wildman–Crippen LogP) is -0.212. The standard InChI is InChI=1S/C13H20N4O2/c1-16-4-6-17(7-5-16)12-3-2-10(9-15-12)8-11(14)13(18)19/h2-3,9,11H,4-8,14H2,1H3,(H,18,19)/t11-/m0/s1. The molecule has 0 amide bonds. The summed E-state index contributed by atoms with van der Waals surface area (Å²) in [6.07, 6.45) is 2.03. The maximum absolute atomic E-state index is 10.7. The van der Waals surface area contributed by atoms with Crippen molar-refractivity contribution in [3.63, 3.8) is 0 Å². The Labute approximate surface area is 112 Å². The summed E-state index contributed by atoms with van der Waals surface area (Å²) < 4.78 is 0. The third-order valence-corrected chi connectivity index (χ3v) is 3.41. The first-order valence-electron chi connectivity index (χ1n) is 6.43. The van der Waals surface area contributed by atoms with Crippen molar-refractivity contribution < 1.29 is 9.90 Å². The summed E-state index contributed by atoms with van der Waals surface area (Å²) >= 11 is 0. The van der Waals surface area contributed by atoms with Gasteiger partial charge < -0.3 is 20.6 Å². The van der Waals surface area contributed by atoms with E-state index in [2.05, 4.69) is 21.8 Å². The summed E-state index contributed by atoms with van der Waals surface area (Å²) in [6.45, 7) is 4.01. The van der Waals surface area contributed by atoms with Crippen molar-refractivity contribution >= 4 is 11.8 Å². The zero-order valence-corrected chi connectivity index (χ0v) is 11.1. The Kier molecular flexibility index (Phi) is 4.34. The molecule has 1 aliphatic rings. The number of nitrogens with two attached hydrogens (primary N) is 1.